The Kier molecular flexibility index (Phi) is 3.25. The SMILES string of the molecule is NC(Cc1ccccc1-n1cccc1)C(=O)O. The molecule has 4 heteroatoms. The van der Waals surface area contributed by atoms with Gasteiger partial charge in [0.1, 0.15) is 6.04 Å². The predicted molar refractivity (Wildman–Crippen MR) is 65.1 cm³/mol. The number of carboxylic acids is 1. The minimum absolute atomic E-state index is 0.323. The van der Waals surface area contributed by atoms with Gasteiger partial charge in [-0.2, -0.15) is 0 Å². The number of carbonyl (C=O) groups is 1. The number of rotatable bonds is 4. The molecule has 0 bridgehead atoms. The van der Waals surface area contributed by atoms with Gasteiger partial charge in [0, 0.05) is 24.5 Å². The highest BCUT2D eigenvalue weighted by Gasteiger charge is 2.14. The van der Waals surface area contributed by atoms with Crippen molar-refractivity contribution in [2.45, 2.75) is 12.5 Å². The first-order chi connectivity index (χ1) is 8.18. The molecule has 1 aromatic heterocycles. The summed E-state index contributed by atoms with van der Waals surface area (Å²) in [6.45, 7) is 0. The van der Waals surface area contributed by atoms with E-state index in [-0.39, 0.29) is 0 Å². The Hall–Kier alpha value is -2.07. The molecule has 0 spiro atoms. The highest BCUT2D eigenvalue weighted by atomic mass is 16.4. The fourth-order valence-corrected chi connectivity index (χ4v) is 1.75. The molecule has 0 saturated heterocycles. The van der Waals surface area contributed by atoms with E-state index in [1.807, 2.05) is 53.4 Å². The average Bonchev–Trinajstić information content (AvgIpc) is 2.83. The van der Waals surface area contributed by atoms with Gasteiger partial charge < -0.3 is 15.4 Å². The number of hydrogen-bond acceptors (Lipinski definition) is 2. The molecule has 1 unspecified atom stereocenters. The van der Waals surface area contributed by atoms with E-state index >= 15 is 0 Å². The summed E-state index contributed by atoms with van der Waals surface area (Å²) in [7, 11) is 0. The van der Waals surface area contributed by atoms with Crippen molar-refractivity contribution in [3.05, 3.63) is 54.4 Å². The summed E-state index contributed by atoms with van der Waals surface area (Å²) in [5, 5.41) is 8.83. The third-order valence-corrected chi connectivity index (χ3v) is 2.63. The number of para-hydroxylation sites is 1. The molecule has 1 atom stereocenters. The van der Waals surface area contributed by atoms with Crippen LogP contribution in [0.4, 0.5) is 0 Å². The summed E-state index contributed by atoms with van der Waals surface area (Å²) in [5.41, 5.74) is 7.46. The number of aromatic nitrogens is 1. The first kappa shape index (κ1) is 11.4. The molecule has 4 nitrogen and oxygen atoms in total. The van der Waals surface area contributed by atoms with E-state index in [2.05, 4.69) is 0 Å². The zero-order chi connectivity index (χ0) is 12.3. The second-order valence-corrected chi connectivity index (χ2v) is 3.87. The smallest absolute Gasteiger partial charge is 0.320 e. The van der Waals surface area contributed by atoms with Gasteiger partial charge in [0.05, 0.1) is 0 Å². The zero-order valence-electron chi connectivity index (χ0n) is 9.28. The van der Waals surface area contributed by atoms with Crippen LogP contribution in [0.1, 0.15) is 5.56 Å². The molecule has 1 heterocycles. The largest absolute Gasteiger partial charge is 0.480 e. The van der Waals surface area contributed by atoms with Crippen molar-refractivity contribution in [3.63, 3.8) is 0 Å². The fraction of sp³-hybridized carbons (Fsp3) is 0.154. The molecule has 0 aliphatic rings. The summed E-state index contributed by atoms with van der Waals surface area (Å²) in [4.78, 5) is 10.8. The fourth-order valence-electron chi connectivity index (χ4n) is 1.75. The van der Waals surface area contributed by atoms with Crippen molar-refractivity contribution in [1.82, 2.24) is 4.57 Å². The molecular formula is C13H14N2O2. The van der Waals surface area contributed by atoms with Crippen LogP contribution in [0.25, 0.3) is 5.69 Å². The van der Waals surface area contributed by atoms with Crippen molar-refractivity contribution in [3.8, 4) is 5.69 Å². The maximum absolute atomic E-state index is 10.8. The minimum Gasteiger partial charge on any atom is -0.480 e. The highest BCUT2D eigenvalue weighted by molar-refractivity contribution is 5.73. The van der Waals surface area contributed by atoms with Crippen LogP contribution in [0.3, 0.4) is 0 Å². The quantitative estimate of drug-likeness (QED) is 0.834. The Balaban J connectivity index is 2.32. The van der Waals surface area contributed by atoms with Crippen LogP contribution in [-0.2, 0) is 11.2 Å². The summed E-state index contributed by atoms with van der Waals surface area (Å²) >= 11 is 0. The van der Waals surface area contributed by atoms with E-state index in [1.54, 1.807) is 0 Å². The summed E-state index contributed by atoms with van der Waals surface area (Å²) in [6, 6.07) is 10.6. The zero-order valence-corrected chi connectivity index (χ0v) is 9.28. The lowest BCUT2D eigenvalue weighted by Crippen LogP contribution is -2.32. The van der Waals surface area contributed by atoms with Gasteiger partial charge in [0.15, 0.2) is 0 Å². The third kappa shape index (κ3) is 2.54. The molecule has 2 aromatic rings. The molecule has 0 aliphatic carbocycles. The first-order valence-corrected chi connectivity index (χ1v) is 5.38. The number of nitrogens with two attached hydrogens (primary N) is 1. The Morgan fingerprint density at radius 2 is 1.88 bits per heavy atom. The van der Waals surface area contributed by atoms with Crippen molar-refractivity contribution < 1.29 is 9.90 Å². The van der Waals surface area contributed by atoms with Crippen molar-refractivity contribution in [2.24, 2.45) is 5.73 Å². The molecule has 1 aromatic carbocycles. The van der Waals surface area contributed by atoms with Crippen LogP contribution < -0.4 is 5.73 Å². The standard InChI is InChI=1S/C13H14N2O2/c14-11(13(16)17)9-10-5-1-2-6-12(10)15-7-3-4-8-15/h1-8,11H,9,14H2,(H,16,17). The molecule has 2 rings (SSSR count). The number of nitrogens with zero attached hydrogens (tertiary/aromatic N) is 1. The normalized spacial score (nSPS) is 12.3. The minimum atomic E-state index is -0.979. The molecule has 88 valence electrons. The lowest BCUT2D eigenvalue weighted by molar-refractivity contribution is -0.138. The van der Waals surface area contributed by atoms with E-state index in [1.165, 1.54) is 0 Å². The van der Waals surface area contributed by atoms with E-state index in [4.69, 9.17) is 10.8 Å². The van der Waals surface area contributed by atoms with Crippen molar-refractivity contribution in [2.75, 3.05) is 0 Å². The van der Waals surface area contributed by atoms with E-state index < -0.39 is 12.0 Å². The Morgan fingerprint density at radius 3 is 2.53 bits per heavy atom. The summed E-state index contributed by atoms with van der Waals surface area (Å²) in [6.07, 6.45) is 4.17. The van der Waals surface area contributed by atoms with Gasteiger partial charge in [-0.25, -0.2) is 0 Å². The van der Waals surface area contributed by atoms with E-state index in [0.717, 1.165) is 11.3 Å². The van der Waals surface area contributed by atoms with Crippen LogP contribution in [-0.4, -0.2) is 21.7 Å². The molecule has 0 saturated carbocycles. The number of carboxylic acid groups (broad SMARTS) is 1. The molecule has 0 aliphatic heterocycles. The van der Waals surface area contributed by atoms with Gasteiger partial charge in [-0.1, -0.05) is 18.2 Å². The van der Waals surface area contributed by atoms with Crippen LogP contribution >= 0.6 is 0 Å². The second kappa shape index (κ2) is 4.84. The van der Waals surface area contributed by atoms with Crippen LogP contribution in [0.2, 0.25) is 0 Å². The van der Waals surface area contributed by atoms with Gasteiger partial charge in [-0.05, 0) is 23.8 Å². The monoisotopic (exact) mass is 230 g/mol. The Morgan fingerprint density at radius 1 is 1.24 bits per heavy atom. The molecule has 0 amide bonds. The second-order valence-electron chi connectivity index (χ2n) is 3.87. The third-order valence-electron chi connectivity index (χ3n) is 2.63. The summed E-state index contributed by atoms with van der Waals surface area (Å²) in [5.74, 6) is -0.979. The number of benzene rings is 1. The highest BCUT2D eigenvalue weighted by Crippen LogP contribution is 2.16. The first-order valence-electron chi connectivity index (χ1n) is 5.38. The van der Waals surface area contributed by atoms with Gasteiger partial charge in [0.25, 0.3) is 0 Å². The molecule has 3 N–H and O–H groups in total. The Bertz CT molecular complexity index is 506. The van der Waals surface area contributed by atoms with Gasteiger partial charge in [-0.15, -0.1) is 0 Å². The molecule has 0 radical (unpaired) electrons. The summed E-state index contributed by atoms with van der Waals surface area (Å²) < 4.78 is 1.95. The number of aliphatic carboxylic acids is 1. The van der Waals surface area contributed by atoms with E-state index in [0.29, 0.717) is 6.42 Å². The van der Waals surface area contributed by atoms with Crippen molar-refractivity contribution >= 4 is 5.97 Å². The van der Waals surface area contributed by atoms with Crippen molar-refractivity contribution in [1.29, 1.82) is 0 Å². The average molecular weight is 230 g/mol. The van der Waals surface area contributed by atoms with Gasteiger partial charge in [-0.3, -0.25) is 4.79 Å². The van der Waals surface area contributed by atoms with Crippen LogP contribution in [0.15, 0.2) is 48.8 Å². The van der Waals surface area contributed by atoms with Crippen LogP contribution in [0, 0.1) is 0 Å². The topological polar surface area (TPSA) is 68.2 Å². The van der Waals surface area contributed by atoms with Crippen LogP contribution in [0.5, 0.6) is 0 Å². The molecule has 0 fully saturated rings. The lowest BCUT2D eigenvalue weighted by Gasteiger charge is -2.12. The molecule has 17 heavy (non-hydrogen) atoms. The van der Waals surface area contributed by atoms with E-state index in [9.17, 15) is 4.79 Å². The maximum atomic E-state index is 10.8. The Labute approximate surface area is 99.3 Å². The maximum Gasteiger partial charge on any atom is 0.320 e. The predicted octanol–water partition coefficient (Wildman–Crippen LogP) is 1.43. The number of hydrogen-bond donors (Lipinski definition) is 2. The lowest BCUT2D eigenvalue weighted by atomic mass is 10.0. The van der Waals surface area contributed by atoms with Gasteiger partial charge in [0.2, 0.25) is 0 Å². The van der Waals surface area contributed by atoms with Gasteiger partial charge >= 0.3 is 5.97 Å². The molecular weight excluding hydrogens is 216 g/mol.